The van der Waals surface area contributed by atoms with Gasteiger partial charge in [-0.05, 0) is 12.8 Å². The zero-order valence-corrected chi connectivity index (χ0v) is 19.6. The molecule has 0 aliphatic rings. The molecule has 0 radical (unpaired) electrons. The van der Waals surface area contributed by atoms with Crippen molar-refractivity contribution in [3.63, 3.8) is 0 Å². The van der Waals surface area contributed by atoms with Gasteiger partial charge in [0.2, 0.25) is 0 Å². The topological polar surface area (TPSA) is 339 Å². The number of halogens is 6. The molecule has 0 rings (SSSR count). The van der Waals surface area contributed by atoms with Crippen LogP contribution in [0.5, 0.6) is 0 Å². The van der Waals surface area contributed by atoms with Gasteiger partial charge in [-0.3, -0.25) is 9.98 Å². The highest BCUT2D eigenvalue weighted by Gasteiger charge is 2.29. The molecule has 0 aromatic carbocycles. The standard InChI is InChI=1S/2C6H14N4O2.2C2HF3O2/c2*7-4(5(11)12)2-1-3-10-6(8)9;2*3-2(4,5)1(6)7/h2*4H,1-3,7H2,(H,11,12)(H4,8,9,10);2*(H,6,7)/t2*4-;;/m00../s1. The van der Waals surface area contributed by atoms with Crippen molar-refractivity contribution in [1.29, 1.82) is 0 Å². The number of carbonyl (C=O) groups is 4. The number of quaternary nitrogens is 2. The number of carbonyl (C=O) groups excluding carboxylic acids is 2. The summed E-state index contributed by atoms with van der Waals surface area (Å²) in [7, 11) is 0. The molecule has 38 heavy (non-hydrogen) atoms. The van der Waals surface area contributed by atoms with Gasteiger partial charge >= 0.3 is 24.3 Å². The van der Waals surface area contributed by atoms with Crippen LogP contribution in [-0.4, -0.2) is 83.5 Å². The number of alkyl halides is 6. The summed E-state index contributed by atoms with van der Waals surface area (Å²) in [5.41, 5.74) is 27.1. The average molecular weight is 576 g/mol. The summed E-state index contributed by atoms with van der Waals surface area (Å²) >= 11 is 0. The van der Waals surface area contributed by atoms with Gasteiger partial charge < -0.3 is 64.4 Å². The minimum absolute atomic E-state index is 0.0333. The first-order valence-corrected chi connectivity index (χ1v) is 9.75. The Kier molecular flexibility index (Phi) is 22.7. The Labute approximate surface area is 210 Å². The van der Waals surface area contributed by atoms with Gasteiger partial charge in [0, 0.05) is 25.9 Å². The van der Waals surface area contributed by atoms with Crippen LogP contribution in [0.25, 0.3) is 0 Å². The van der Waals surface area contributed by atoms with E-state index in [1.165, 1.54) is 0 Å². The van der Waals surface area contributed by atoms with E-state index in [0.717, 1.165) is 0 Å². The second-order valence-corrected chi connectivity index (χ2v) is 6.54. The van der Waals surface area contributed by atoms with Gasteiger partial charge in [0.15, 0.2) is 24.0 Å². The maximum absolute atomic E-state index is 10.5. The first kappa shape index (κ1) is 41.1. The number of hydrogen-bond donors (Lipinski definition) is 8. The lowest BCUT2D eigenvalue weighted by atomic mass is 10.2. The Morgan fingerprint density at radius 2 is 0.895 bits per heavy atom. The minimum Gasteiger partial charge on any atom is -0.542 e. The molecular weight excluding hydrogens is 546 g/mol. The van der Waals surface area contributed by atoms with Gasteiger partial charge in [-0.1, -0.05) is 0 Å². The van der Waals surface area contributed by atoms with Gasteiger partial charge in [-0.25, -0.2) is 9.59 Å². The second kappa shape index (κ2) is 21.0. The average Bonchev–Trinajstić information content (AvgIpc) is 2.73. The highest BCUT2D eigenvalue weighted by atomic mass is 19.4. The molecule has 0 saturated carbocycles. The number of nitrogens with zero attached hydrogens (tertiary/aromatic N) is 2. The van der Waals surface area contributed by atoms with E-state index >= 15 is 0 Å². The maximum Gasteiger partial charge on any atom is 0.430 e. The SMILES string of the molecule is NC(N)=NCCC[C@H]([NH3+])C(=O)O.NC(N)=NCCC[C@H]([NH3+])C(=O)O.O=C([O-])C(F)(F)F.O=C([O-])C(F)(F)F. The van der Waals surface area contributed by atoms with Crippen molar-refractivity contribution in [3.8, 4) is 0 Å². The maximum atomic E-state index is 10.5. The van der Waals surface area contributed by atoms with Crippen LogP contribution in [0.15, 0.2) is 9.98 Å². The van der Waals surface area contributed by atoms with E-state index in [-0.39, 0.29) is 11.9 Å². The molecule has 0 amide bonds. The number of carboxylic acid groups (broad SMARTS) is 4. The lowest BCUT2D eigenvalue weighted by Gasteiger charge is -2.03. The van der Waals surface area contributed by atoms with Crippen LogP contribution in [0, 0.1) is 0 Å². The lowest BCUT2D eigenvalue weighted by molar-refractivity contribution is -0.409. The number of nitrogens with two attached hydrogens (primary N) is 4. The molecule has 0 unspecified atom stereocenters. The zero-order valence-electron chi connectivity index (χ0n) is 19.6. The van der Waals surface area contributed by atoms with E-state index in [9.17, 15) is 35.9 Å². The van der Waals surface area contributed by atoms with Gasteiger partial charge in [0.25, 0.3) is 0 Å². The smallest absolute Gasteiger partial charge is 0.430 e. The predicted molar refractivity (Wildman–Crippen MR) is 111 cm³/mol. The molecule has 0 bridgehead atoms. The van der Waals surface area contributed by atoms with Crippen molar-refractivity contribution in [3.05, 3.63) is 0 Å². The van der Waals surface area contributed by atoms with Crippen LogP contribution >= 0.6 is 0 Å². The number of aliphatic imine (C=N–C) groups is 2. The first-order valence-electron chi connectivity index (χ1n) is 9.75. The third-order valence-electron chi connectivity index (χ3n) is 3.17. The van der Waals surface area contributed by atoms with Crippen LogP contribution in [0.2, 0.25) is 0 Å². The van der Waals surface area contributed by atoms with Crippen molar-refractivity contribution in [2.45, 2.75) is 50.1 Å². The predicted octanol–water partition coefficient (Wildman–Crippen LogP) is -5.93. The van der Waals surface area contributed by atoms with Gasteiger partial charge in [0.1, 0.15) is 11.9 Å². The molecule has 0 heterocycles. The summed E-state index contributed by atoms with van der Waals surface area (Å²) in [4.78, 5) is 45.5. The highest BCUT2D eigenvalue weighted by Crippen LogP contribution is 2.12. The van der Waals surface area contributed by atoms with Crippen LogP contribution in [0.1, 0.15) is 25.7 Å². The van der Waals surface area contributed by atoms with E-state index in [0.29, 0.717) is 38.8 Å². The summed E-state index contributed by atoms with van der Waals surface area (Å²) in [5.74, 6) is -7.73. The molecule has 22 heteroatoms. The lowest BCUT2D eigenvalue weighted by Crippen LogP contribution is -2.64. The van der Waals surface area contributed by atoms with Gasteiger partial charge in [-0.15, -0.1) is 0 Å². The van der Waals surface area contributed by atoms with E-state index in [2.05, 4.69) is 21.5 Å². The summed E-state index contributed by atoms with van der Waals surface area (Å²) in [6, 6.07) is -1.14. The number of carboxylic acids is 4. The molecule has 0 fully saturated rings. The summed E-state index contributed by atoms with van der Waals surface area (Å²) in [6.45, 7) is 0.920. The normalized spacial score (nSPS) is 11.8. The highest BCUT2D eigenvalue weighted by molar-refractivity contribution is 5.76. The van der Waals surface area contributed by atoms with Gasteiger partial charge in [0.05, 0.1) is 0 Å². The number of hydrogen-bond acceptors (Lipinski definition) is 8. The van der Waals surface area contributed by atoms with Crippen LogP contribution in [-0.2, 0) is 19.2 Å². The molecule has 0 aromatic rings. The van der Waals surface area contributed by atoms with Crippen molar-refractivity contribution in [1.82, 2.24) is 0 Å². The molecule has 16 N–H and O–H groups in total. The molecule has 0 spiro atoms. The molecule has 0 aliphatic carbocycles. The minimum atomic E-state index is -5.19. The fourth-order valence-electron chi connectivity index (χ4n) is 1.34. The Morgan fingerprint density at radius 3 is 1.03 bits per heavy atom. The van der Waals surface area contributed by atoms with E-state index in [1.54, 1.807) is 0 Å². The van der Waals surface area contributed by atoms with Crippen molar-refractivity contribution < 1.29 is 77.4 Å². The zero-order chi connectivity index (χ0) is 31.3. The van der Waals surface area contributed by atoms with Crippen LogP contribution in [0.4, 0.5) is 26.3 Å². The van der Waals surface area contributed by atoms with Crippen LogP contribution < -0.4 is 44.6 Å². The molecule has 0 aliphatic heterocycles. The number of rotatable bonds is 10. The third-order valence-corrected chi connectivity index (χ3v) is 3.17. The van der Waals surface area contributed by atoms with Crippen molar-refractivity contribution >= 4 is 35.8 Å². The van der Waals surface area contributed by atoms with E-state index < -0.39 is 48.3 Å². The Hall–Kier alpha value is -4.08. The molecule has 0 aromatic heterocycles. The molecule has 224 valence electrons. The largest absolute Gasteiger partial charge is 0.542 e. The quantitative estimate of drug-likeness (QED) is 0.0521. The van der Waals surface area contributed by atoms with Crippen molar-refractivity contribution in [2.24, 2.45) is 32.9 Å². The summed E-state index contributed by atoms with van der Waals surface area (Å²) < 4.78 is 63.1. The Morgan fingerprint density at radius 1 is 0.684 bits per heavy atom. The van der Waals surface area contributed by atoms with E-state index in [1.807, 2.05) is 0 Å². The molecule has 16 nitrogen and oxygen atoms in total. The molecular formula is C16H30F6N8O8. The third kappa shape index (κ3) is 34.1. The molecule has 2 atom stereocenters. The monoisotopic (exact) mass is 576 g/mol. The first-order chi connectivity index (χ1) is 17.0. The van der Waals surface area contributed by atoms with Crippen LogP contribution in [0.3, 0.4) is 0 Å². The Balaban J connectivity index is -0.000000210. The van der Waals surface area contributed by atoms with Crippen molar-refractivity contribution in [2.75, 3.05) is 13.1 Å². The van der Waals surface area contributed by atoms with Gasteiger partial charge in [-0.2, -0.15) is 26.3 Å². The molecule has 0 saturated heterocycles. The number of aliphatic carboxylic acids is 4. The van der Waals surface area contributed by atoms with E-state index in [4.69, 9.17) is 52.9 Å². The number of guanidine groups is 2. The Bertz CT molecular complexity index is 721. The second-order valence-electron chi connectivity index (χ2n) is 6.54. The summed E-state index contributed by atoms with van der Waals surface area (Å²) in [5, 5.41) is 34.5. The fourth-order valence-corrected chi connectivity index (χ4v) is 1.34. The fraction of sp³-hybridized carbons (Fsp3) is 0.625. The summed E-state index contributed by atoms with van der Waals surface area (Å²) in [6.07, 6.45) is -8.13.